The lowest BCUT2D eigenvalue weighted by Crippen LogP contribution is -2.52. The largest absolute Gasteiger partial charge is 0.374 e. The minimum atomic E-state index is 0.290. The Labute approximate surface area is 129 Å². The molecule has 0 bridgehead atoms. The van der Waals surface area contributed by atoms with Crippen molar-refractivity contribution in [3.63, 3.8) is 0 Å². The molecule has 1 aliphatic rings. The van der Waals surface area contributed by atoms with Gasteiger partial charge in [0.1, 0.15) is 0 Å². The van der Waals surface area contributed by atoms with Crippen molar-refractivity contribution >= 4 is 22.6 Å². The minimum Gasteiger partial charge on any atom is -0.374 e. The Hall–Kier alpha value is -0.170. The predicted molar refractivity (Wildman–Crippen MR) is 87.6 cm³/mol. The Morgan fingerprint density at radius 2 is 2.16 bits per heavy atom. The van der Waals surface area contributed by atoms with Gasteiger partial charge in [0.05, 0.1) is 12.7 Å². The Bertz CT molecular complexity index is 382. The first-order valence-electron chi connectivity index (χ1n) is 6.97. The first kappa shape index (κ1) is 15.2. The summed E-state index contributed by atoms with van der Waals surface area (Å²) in [6.07, 6.45) is 1.32. The fourth-order valence-corrected chi connectivity index (χ4v) is 2.89. The number of hydrogen-bond donors (Lipinski definition) is 1. The molecule has 0 radical (unpaired) electrons. The summed E-state index contributed by atoms with van der Waals surface area (Å²) in [6.45, 7) is 6.04. The number of rotatable bonds is 5. The number of benzene rings is 1. The molecule has 0 spiro atoms. The summed E-state index contributed by atoms with van der Waals surface area (Å²) in [5.74, 6) is 0. The molecule has 2 unspecified atom stereocenters. The van der Waals surface area contributed by atoms with Crippen LogP contribution < -0.4 is 5.32 Å². The standard InChI is InChI=1S/C15H23IN2O/c1-3-17-14(15-11-18(2)8-9-19-15)10-12-4-6-13(16)7-5-12/h4-7,14-15,17H,3,8-11H2,1-2H3. The third-order valence-corrected chi connectivity index (χ3v) is 4.30. The lowest BCUT2D eigenvalue weighted by molar-refractivity contribution is -0.0381. The molecular weight excluding hydrogens is 351 g/mol. The number of morpholine rings is 1. The van der Waals surface area contributed by atoms with Crippen molar-refractivity contribution in [1.82, 2.24) is 10.2 Å². The molecule has 4 heteroatoms. The second-order valence-electron chi connectivity index (χ2n) is 5.17. The molecule has 0 aromatic heterocycles. The summed E-state index contributed by atoms with van der Waals surface area (Å²) in [5, 5.41) is 3.58. The zero-order valence-electron chi connectivity index (χ0n) is 11.7. The molecule has 106 valence electrons. The number of hydrogen-bond acceptors (Lipinski definition) is 3. The van der Waals surface area contributed by atoms with Crippen LogP contribution in [-0.4, -0.2) is 50.3 Å². The minimum absolute atomic E-state index is 0.290. The van der Waals surface area contributed by atoms with Crippen molar-refractivity contribution in [2.75, 3.05) is 33.3 Å². The average Bonchev–Trinajstić information content (AvgIpc) is 2.41. The molecule has 1 aromatic rings. The highest BCUT2D eigenvalue weighted by Crippen LogP contribution is 2.14. The summed E-state index contributed by atoms with van der Waals surface area (Å²) < 4.78 is 7.24. The van der Waals surface area contributed by atoms with E-state index in [1.807, 2.05) is 0 Å². The van der Waals surface area contributed by atoms with E-state index in [0.29, 0.717) is 6.04 Å². The predicted octanol–water partition coefficient (Wildman–Crippen LogP) is 2.14. The molecule has 1 aliphatic heterocycles. The van der Waals surface area contributed by atoms with E-state index in [9.17, 15) is 0 Å². The maximum Gasteiger partial charge on any atom is 0.0858 e. The number of nitrogens with zero attached hydrogens (tertiary/aromatic N) is 1. The molecule has 0 aliphatic carbocycles. The van der Waals surface area contributed by atoms with E-state index in [1.54, 1.807) is 0 Å². The maximum absolute atomic E-state index is 5.95. The van der Waals surface area contributed by atoms with Gasteiger partial charge in [-0.05, 0) is 60.3 Å². The number of ether oxygens (including phenoxy) is 1. The Balaban J connectivity index is 2.00. The second kappa shape index (κ2) is 7.57. The maximum atomic E-state index is 5.95. The van der Waals surface area contributed by atoms with E-state index in [-0.39, 0.29) is 6.10 Å². The molecule has 19 heavy (non-hydrogen) atoms. The fourth-order valence-electron chi connectivity index (χ4n) is 2.53. The molecule has 2 atom stereocenters. The molecule has 1 fully saturated rings. The number of likely N-dealkylation sites (N-methyl/N-ethyl adjacent to an activating group) is 2. The molecule has 1 aromatic carbocycles. The highest BCUT2D eigenvalue weighted by atomic mass is 127. The first-order valence-corrected chi connectivity index (χ1v) is 8.05. The van der Waals surface area contributed by atoms with Crippen LogP contribution in [0.3, 0.4) is 0 Å². The van der Waals surface area contributed by atoms with Crippen molar-refractivity contribution in [2.45, 2.75) is 25.5 Å². The van der Waals surface area contributed by atoms with E-state index in [1.165, 1.54) is 9.13 Å². The fraction of sp³-hybridized carbons (Fsp3) is 0.600. The third-order valence-electron chi connectivity index (χ3n) is 3.58. The molecule has 1 saturated heterocycles. The third kappa shape index (κ3) is 4.70. The van der Waals surface area contributed by atoms with E-state index >= 15 is 0 Å². The second-order valence-corrected chi connectivity index (χ2v) is 6.41. The van der Waals surface area contributed by atoms with Gasteiger partial charge < -0.3 is 15.0 Å². The van der Waals surface area contributed by atoms with E-state index < -0.39 is 0 Å². The van der Waals surface area contributed by atoms with Crippen LogP contribution in [0.2, 0.25) is 0 Å². The van der Waals surface area contributed by atoms with Crippen LogP contribution in [0.5, 0.6) is 0 Å². The normalized spacial score (nSPS) is 22.4. The average molecular weight is 374 g/mol. The molecule has 2 rings (SSSR count). The Kier molecular flexibility index (Phi) is 6.06. The summed E-state index contributed by atoms with van der Waals surface area (Å²) >= 11 is 2.35. The number of halogens is 1. The van der Waals surface area contributed by atoms with E-state index in [2.05, 4.69) is 71.0 Å². The van der Waals surface area contributed by atoms with E-state index in [0.717, 1.165) is 32.7 Å². The monoisotopic (exact) mass is 374 g/mol. The quantitative estimate of drug-likeness (QED) is 0.800. The highest BCUT2D eigenvalue weighted by molar-refractivity contribution is 14.1. The van der Waals surface area contributed by atoms with Crippen LogP contribution in [0.4, 0.5) is 0 Å². The summed E-state index contributed by atoms with van der Waals surface area (Å²) in [7, 11) is 2.17. The van der Waals surface area contributed by atoms with Gasteiger partial charge in [0, 0.05) is 22.7 Å². The van der Waals surface area contributed by atoms with Crippen molar-refractivity contribution in [2.24, 2.45) is 0 Å². The van der Waals surface area contributed by atoms with Crippen molar-refractivity contribution in [3.05, 3.63) is 33.4 Å². The summed E-state index contributed by atoms with van der Waals surface area (Å²) in [4.78, 5) is 2.35. The van der Waals surface area contributed by atoms with Gasteiger partial charge in [-0.2, -0.15) is 0 Å². The zero-order valence-corrected chi connectivity index (χ0v) is 13.9. The van der Waals surface area contributed by atoms with Crippen molar-refractivity contribution in [3.8, 4) is 0 Å². The van der Waals surface area contributed by atoms with Gasteiger partial charge in [-0.25, -0.2) is 0 Å². The molecular formula is C15H23IN2O. The van der Waals surface area contributed by atoms with Gasteiger partial charge >= 0.3 is 0 Å². The summed E-state index contributed by atoms with van der Waals surface area (Å²) in [6, 6.07) is 9.18. The van der Waals surface area contributed by atoms with Crippen molar-refractivity contribution in [1.29, 1.82) is 0 Å². The Morgan fingerprint density at radius 3 is 2.79 bits per heavy atom. The molecule has 1 N–H and O–H groups in total. The van der Waals surface area contributed by atoms with Crippen LogP contribution in [0.15, 0.2) is 24.3 Å². The van der Waals surface area contributed by atoms with Gasteiger partial charge in [-0.1, -0.05) is 19.1 Å². The van der Waals surface area contributed by atoms with Crippen LogP contribution >= 0.6 is 22.6 Å². The molecule has 0 saturated carbocycles. The van der Waals surface area contributed by atoms with Crippen LogP contribution in [0.25, 0.3) is 0 Å². The smallest absolute Gasteiger partial charge is 0.0858 e. The van der Waals surface area contributed by atoms with E-state index in [4.69, 9.17) is 4.74 Å². The lowest BCUT2D eigenvalue weighted by Gasteiger charge is -2.35. The highest BCUT2D eigenvalue weighted by Gasteiger charge is 2.26. The topological polar surface area (TPSA) is 24.5 Å². The SMILES string of the molecule is CCNC(Cc1ccc(I)cc1)C1CN(C)CCO1. The Morgan fingerprint density at radius 1 is 1.42 bits per heavy atom. The molecule has 0 amide bonds. The van der Waals surface area contributed by atoms with Gasteiger partial charge in [0.15, 0.2) is 0 Å². The summed E-state index contributed by atoms with van der Waals surface area (Å²) in [5.41, 5.74) is 1.38. The zero-order chi connectivity index (χ0) is 13.7. The van der Waals surface area contributed by atoms with Gasteiger partial charge in [0.2, 0.25) is 0 Å². The molecule has 1 heterocycles. The molecule has 3 nitrogen and oxygen atoms in total. The van der Waals surface area contributed by atoms with Gasteiger partial charge in [0.25, 0.3) is 0 Å². The number of nitrogens with one attached hydrogen (secondary N) is 1. The first-order chi connectivity index (χ1) is 9.19. The van der Waals surface area contributed by atoms with Crippen molar-refractivity contribution < 1.29 is 4.74 Å². The van der Waals surface area contributed by atoms with Gasteiger partial charge in [-0.3, -0.25) is 0 Å². The van der Waals surface area contributed by atoms with Crippen LogP contribution in [0.1, 0.15) is 12.5 Å². The lowest BCUT2D eigenvalue weighted by atomic mass is 10.00. The van der Waals surface area contributed by atoms with Gasteiger partial charge in [-0.15, -0.1) is 0 Å². The van der Waals surface area contributed by atoms with Crippen LogP contribution in [0, 0.1) is 3.57 Å². The van der Waals surface area contributed by atoms with Crippen LogP contribution in [-0.2, 0) is 11.2 Å².